The van der Waals surface area contributed by atoms with Gasteiger partial charge in [0, 0.05) is 37.5 Å². The predicted octanol–water partition coefficient (Wildman–Crippen LogP) is 2.31. The number of carbonyl (C=O) groups is 1. The van der Waals surface area contributed by atoms with Crippen molar-refractivity contribution in [3.05, 3.63) is 29.7 Å². The second-order valence-electron chi connectivity index (χ2n) is 6.78. The largest absolute Gasteiger partial charge is 0.378 e. The van der Waals surface area contributed by atoms with Crippen molar-refractivity contribution in [3.8, 4) is 0 Å². The van der Waals surface area contributed by atoms with Gasteiger partial charge in [0.15, 0.2) is 5.65 Å². The number of fused-ring (bicyclic) bond motifs is 1. The van der Waals surface area contributed by atoms with E-state index in [1.807, 2.05) is 32.0 Å². The van der Waals surface area contributed by atoms with Crippen molar-refractivity contribution < 1.29 is 9.53 Å². The Balaban J connectivity index is 1.87. The van der Waals surface area contributed by atoms with Crippen molar-refractivity contribution in [1.82, 2.24) is 19.5 Å². The van der Waals surface area contributed by atoms with Crippen LogP contribution in [0.15, 0.2) is 18.5 Å². The molecular formula is C17H24N4O2. The molecule has 0 saturated heterocycles. The number of aromatic nitrogens is 3. The average molecular weight is 316 g/mol. The van der Waals surface area contributed by atoms with Gasteiger partial charge in [0.25, 0.3) is 5.91 Å². The molecule has 6 nitrogen and oxygen atoms in total. The number of amides is 1. The summed E-state index contributed by atoms with van der Waals surface area (Å²) in [5, 5.41) is 4.38. The summed E-state index contributed by atoms with van der Waals surface area (Å²) in [4.78, 5) is 19.2. The second-order valence-corrected chi connectivity index (χ2v) is 6.78. The maximum atomic E-state index is 13.0. The summed E-state index contributed by atoms with van der Waals surface area (Å²) in [7, 11) is 1.86. The van der Waals surface area contributed by atoms with Crippen LogP contribution in [0, 0.1) is 12.3 Å². The summed E-state index contributed by atoms with van der Waals surface area (Å²) >= 11 is 0. The number of rotatable bonds is 4. The third-order valence-corrected chi connectivity index (χ3v) is 5.07. The first-order valence-corrected chi connectivity index (χ1v) is 8.06. The van der Waals surface area contributed by atoms with Gasteiger partial charge in [-0.2, -0.15) is 5.10 Å². The van der Waals surface area contributed by atoms with Crippen LogP contribution in [0.1, 0.15) is 43.2 Å². The van der Waals surface area contributed by atoms with Crippen LogP contribution in [0.4, 0.5) is 0 Å². The molecular weight excluding hydrogens is 292 g/mol. The summed E-state index contributed by atoms with van der Waals surface area (Å²) in [6.45, 7) is 8.88. The van der Waals surface area contributed by atoms with Crippen LogP contribution in [0.25, 0.3) is 5.65 Å². The van der Waals surface area contributed by atoms with E-state index in [1.54, 1.807) is 16.8 Å². The van der Waals surface area contributed by atoms with E-state index in [1.165, 1.54) is 0 Å². The van der Waals surface area contributed by atoms with Crippen LogP contribution in [0.5, 0.6) is 0 Å². The first-order valence-electron chi connectivity index (χ1n) is 8.06. The lowest BCUT2D eigenvalue weighted by Gasteiger charge is -2.54. The molecule has 2 aromatic heterocycles. The van der Waals surface area contributed by atoms with Crippen molar-refractivity contribution in [2.45, 2.75) is 46.3 Å². The third-order valence-electron chi connectivity index (χ3n) is 5.07. The number of nitrogens with zero attached hydrogens (tertiary/aromatic N) is 4. The number of carbonyl (C=O) groups excluding carboxylic acids is 1. The lowest BCUT2D eigenvalue weighted by Crippen LogP contribution is -2.62. The minimum atomic E-state index is -0.0509. The Bertz CT molecular complexity index is 737. The molecule has 0 spiro atoms. The first-order chi connectivity index (χ1) is 10.9. The van der Waals surface area contributed by atoms with Gasteiger partial charge < -0.3 is 9.64 Å². The highest BCUT2D eigenvalue weighted by molar-refractivity contribution is 6.01. The number of ether oxygens (including phenoxy) is 1. The SMILES string of the molecule is CCO[C@H]1C[C@H](N(C)C(=O)c2c(C)nn3cccnc23)C1(C)C. The van der Waals surface area contributed by atoms with E-state index < -0.39 is 0 Å². The highest BCUT2D eigenvalue weighted by atomic mass is 16.5. The van der Waals surface area contributed by atoms with E-state index in [0.717, 1.165) is 6.42 Å². The fourth-order valence-corrected chi connectivity index (χ4v) is 3.57. The average Bonchev–Trinajstić information content (AvgIpc) is 2.85. The molecule has 23 heavy (non-hydrogen) atoms. The van der Waals surface area contributed by atoms with Crippen LogP contribution in [-0.4, -0.2) is 51.2 Å². The zero-order valence-corrected chi connectivity index (χ0v) is 14.4. The molecule has 6 heteroatoms. The van der Waals surface area contributed by atoms with Crippen LogP contribution in [-0.2, 0) is 4.74 Å². The Morgan fingerprint density at radius 2 is 2.26 bits per heavy atom. The Morgan fingerprint density at radius 1 is 1.52 bits per heavy atom. The maximum absolute atomic E-state index is 13.0. The van der Waals surface area contributed by atoms with Gasteiger partial charge in [-0.05, 0) is 26.3 Å². The summed E-state index contributed by atoms with van der Waals surface area (Å²) in [5.74, 6) is -0.0239. The molecule has 0 N–H and O–H groups in total. The zero-order chi connectivity index (χ0) is 16.8. The van der Waals surface area contributed by atoms with Crippen molar-refractivity contribution in [1.29, 1.82) is 0 Å². The van der Waals surface area contributed by atoms with E-state index in [4.69, 9.17) is 4.74 Å². The highest BCUT2D eigenvalue weighted by Gasteiger charge is 2.52. The lowest BCUT2D eigenvalue weighted by molar-refractivity contribution is -0.136. The summed E-state index contributed by atoms with van der Waals surface area (Å²) < 4.78 is 7.43. The topological polar surface area (TPSA) is 59.7 Å². The fourth-order valence-electron chi connectivity index (χ4n) is 3.57. The Morgan fingerprint density at radius 3 is 2.91 bits per heavy atom. The lowest BCUT2D eigenvalue weighted by atomic mass is 9.63. The molecule has 3 rings (SSSR count). The summed E-state index contributed by atoms with van der Waals surface area (Å²) in [6.07, 6.45) is 4.57. The van der Waals surface area contributed by atoms with E-state index in [-0.39, 0.29) is 23.5 Å². The van der Waals surface area contributed by atoms with Crippen molar-refractivity contribution >= 4 is 11.6 Å². The molecule has 1 fully saturated rings. The molecule has 1 saturated carbocycles. The zero-order valence-electron chi connectivity index (χ0n) is 14.4. The second kappa shape index (κ2) is 5.60. The van der Waals surface area contributed by atoms with Gasteiger partial charge in [0.1, 0.15) is 5.56 Å². The fraction of sp³-hybridized carbons (Fsp3) is 0.588. The Labute approximate surface area is 136 Å². The Kier molecular flexibility index (Phi) is 3.88. The monoisotopic (exact) mass is 316 g/mol. The van der Waals surface area contributed by atoms with Crippen molar-refractivity contribution in [3.63, 3.8) is 0 Å². The maximum Gasteiger partial charge on any atom is 0.259 e. The van der Waals surface area contributed by atoms with Crippen LogP contribution < -0.4 is 0 Å². The van der Waals surface area contributed by atoms with Gasteiger partial charge in [0.2, 0.25) is 0 Å². The van der Waals surface area contributed by atoms with Gasteiger partial charge in [-0.25, -0.2) is 9.50 Å². The molecule has 1 amide bonds. The van der Waals surface area contributed by atoms with Gasteiger partial charge in [0.05, 0.1) is 11.8 Å². The summed E-state index contributed by atoms with van der Waals surface area (Å²) in [6, 6.07) is 1.96. The Hall–Kier alpha value is -1.95. The van der Waals surface area contributed by atoms with E-state index in [9.17, 15) is 4.79 Å². The van der Waals surface area contributed by atoms with E-state index >= 15 is 0 Å². The predicted molar refractivity (Wildman–Crippen MR) is 87.4 cm³/mol. The number of aryl methyl sites for hydroxylation is 1. The standard InChI is InChI=1S/C17H24N4O2/c1-6-23-13-10-12(17(13,3)4)20(5)16(22)14-11(2)19-21-9-7-8-18-15(14)21/h7-9,12-13H,6,10H2,1-5H3/t12-,13-/m0/s1. The molecule has 0 bridgehead atoms. The van der Waals surface area contributed by atoms with Crippen LogP contribution >= 0.6 is 0 Å². The summed E-state index contributed by atoms with van der Waals surface area (Å²) in [5.41, 5.74) is 1.85. The quantitative estimate of drug-likeness (QED) is 0.868. The van der Waals surface area contributed by atoms with E-state index in [2.05, 4.69) is 23.9 Å². The normalized spacial score (nSPS) is 22.8. The molecule has 0 unspecified atom stereocenters. The van der Waals surface area contributed by atoms with Crippen LogP contribution in [0.3, 0.4) is 0 Å². The molecule has 1 aliphatic carbocycles. The molecule has 0 radical (unpaired) electrons. The van der Waals surface area contributed by atoms with Gasteiger partial charge in [-0.3, -0.25) is 4.79 Å². The van der Waals surface area contributed by atoms with Gasteiger partial charge in [-0.1, -0.05) is 13.8 Å². The molecule has 2 atom stereocenters. The number of hydrogen-bond donors (Lipinski definition) is 0. The van der Waals surface area contributed by atoms with Gasteiger partial charge in [-0.15, -0.1) is 0 Å². The minimum Gasteiger partial charge on any atom is -0.378 e. The molecule has 0 aromatic carbocycles. The van der Waals surface area contributed by atoms with E-state index in [0.29, 0.717) is 23.5 Å². The molecule has 2 aromatic rings. The van der Waals surface area contributed by atoms with Crippen molar-refractivity contribution in [2.24, 2.45) is 5.41 Å². The third kappa shape index (κ3) is 2.41. The van der Waals surface area contributed by atoms with Crippen LogP contribution in [0.2, 0.25) is 0 Å². The number of hydrogen-bond acceptors (Lipinski definition) is 4. The minimum absolute atomic E-state index is 0.0239. The molecule has 0 aliphatic heterocycles. The van der Waals surface area contributed by atoms with Crippen molar-refractivity contribution in [2.75, 3.05) is 13.7 Å². The van der Waals surface area contributed by atoms with Gasteiger partial charge >= 0.3 is 0 Å². The first kappa shape index (κ1) is 15.9. The molecule has 124 valence electrons. The molecule has 2 heterocycles. The highest BCUT2D eigenvalue weighted by Crippen LogP contribution is 2.45. The smallest absolute Gasteiger partial charge is 0.259 e. The molecule has 1 aliphatic rings.